The molecular weight excluding hydrogens is 322 g/mol. The Labute approximate surface area is 116 Å². The monoisotopic (exact) mass is 330 g/mol. The van der Waals surface area contributed by atoms with Crippen molar-refractivity contribution in [3.8, 4) is 0 Å². The highest BCUT2D eigenvalue weighted by Gasteiger charge is 2.09. The third kappa shape index (κ3) is 3.10. The number of hydrogen-bond donors (Lipinski definition) is 1. The van der Waals surface area contributed by atoms with E-state index in [1.807, 2.05) is 0 Å². The lowest BCUT2D eigenvalue weighted by Gasteiger charge is -2.08. The maximum atomic E-state index is 13.5. The number of hydrogen-bond acceptors (Lipinski definition) is 2. The summed E-state index contributed by atoms with van der Waals surface area (Å²) in [6, 6.07) is 8.61. The zero-order chi connectivity index (χ0) is 13.1. The number of aliphatic hydroxyl groups excluding tert-OH is 1. The van der Waals surface area contributed by atoms with E-state index in [0.29, 0.717) is 10.5 Å². The molecular formula is C13H9BrF2OS. The second kappa shape index (κ2) is 5.82. The number of rotatable bonds is 3. The van der Waals surface area contributed by atoms with Gasteiger partial charge in [-0.2, -0.15) is 0 Å². The number of halogens is 3. The van der Waals surface area contributed by atoms with E-state index in [1.165, 1.54) is 0 Å². The molecule has 5 heteroatoms. The molecule has 0 aliphatic carbocycles. The molecule has 0 heterocycles. The van der Waals surface area contributed by atoms with Gasteiger partial charge in [0, 0.05) is 9.37 Å². The van der Waals surface area contributed by atoms with Gasteiger partial charge in [-0.1, -0.05) is 27.7 Å². The van der Waals surface area contributed by atoms with Gasteiger partial charge in [0.25, 0.3) is 0 Å². The SMILES string of the molecule is OCc1cc(Br)ccc1Sc1cc(F)ccc1F. The van der Waals surface area contributed by atoms with Crippen molar-refractivity contribution in [1.29, 1.82) is 0 Å². The minimum Gasteiger partial charge on any atom is -0.392 e. The summed E-state index contributed by atoms with van der Waals surface area (Å²) in [6.07, 6.45) is 0. The lowest BCUT2D eigenvalue weighted by Crippen LogP contribution is -1.89. The normalized spacial score (nSPS) is 10.7. The van der Waals surface area contributed by atoms with Crippen LogP contribution in [0.2, 0.25) is 0 Å². The largest absolute Gasteiger partial charge is 0.392 e. The van der Waals surface area contributed by atoms with E-state index in [1.54, 1.807) is 18.2 Å². The van der Waals surface area contributed by atoms with Gasteiger partial charge in [-0.15, -0.1) is 0 Å². The van der Waals surface area contributed by atoms with Crippen LogP contribution >= 0.6 is 27.7 Å². The predicted octanol–water partition coefficient (Wildman–Crippen LogP) is 4.37. The topological polar surface area (TPSA) is 20.2 Å². The fourth-order valence-electron chi connectivity index (χ4n) is 1.45. The lowest BCUT2D eigenvalue weighted by atomic mass is 10.2. The maximum absolute atomic E-state index is 13.5. The van der Waals surface area contributed by atoms with Crippen LogP contribution in [0.4, 0.5) is 8.78 Å². The highest BCUT2D eigenvalue weighted by atomic mass is 79.9. The van der Waals surface area contributed by atoms with Crippen LogP contribution in [0, 0.1) is 11.6 Å². The van der Waals surface area contributed by atoms with Crippen LogP contribution in [0.3, 0.4) is 0 Å². The molecule has 1 N–H and O–H groups in total. The molecule has 0 aliphatic heterocycles. The minimum absolute atomic E-state index is 0.154. The van der Waals surface area contributed by atoms with Gasteiger partial charge in [-0.25, -0.2) is 8.78 Å². The first-order valence-corrected chi connectivity index (χ1v) is 6.73. The second-order valence-corrected chi connectivity index (χ2v) is 5.59. The highest BCUT2D eigenvalue weighted by molar-refractivity contribution is 9.10. The van der Waals surface area contributed by atoms with E-state index in [2.05, 4.69) is 15.9 Å². The summed E-state index contributed by atoms with van der Waals surface area (Å²) in [5.41, 5.74) is 0.665. The van der Waals surface area contributed by atoms with Gasteiger partial charge in [-0.05, 0) is 42.0 Å². The van der Waals surface area contributed by atoms with Crippen LogP contribution in [0.25, 0.3) is 0 Å². The van der Waals surface area contributed by atoms with Crippen molar-refractivity contribution in [3.05, 3.63) is 58.1 Å². The molecule has 1 nitrogen and oxygen atoms in total. The van der Waals surface area contributed by atoms with Crippen molar-refractivity contribution < 1.29 is 13.9 Å². The van der Waals surface area contributed by atoms with Crippen molar-refractivity contribution in [1.82, 2.24) is 0 Å². The van der Waals surface area contributed by atoms with Crippen molar-refractivity contribution in [2.75, 3.05) is 0 Å². The first-order valence-electron chi connectivity index (χ1n) is 5.12. The fraction of sp³-hybridized carbons (Fsp3) is 0.0769. The summed E-state index contributed by atoms with van der Waals surface area (Å²) >= 11 is 4.39. The predicted molar refractivity (Wildman–Crippen MR) is 70.5 cm³/mol. The number of aliphatic hydroxyl groups is 1. The molecule has 2 aromatic rings. The molecule has 18 heavy (non-hydrogen) atoms. The molecule has 0 aromatic heterocycles. The minimum atomic E-state index is -0.485. The van der Waals surface area contributed by atoms with Crippen LogP contribution in [0.5, 0.6) is 0 Å². The van der Waals surface area contributed by atoms with E-state index in [4.69, 9.17) is 0 Å². The Bertz CT molecular complexity index is 575. The summed E-state index contributed by atoms with van der Waals surface area (Å²) < 4.78 is 27.4. The summed E-state index contributed by atoms with van der Waals surface area (Å²) in [4.78, 5) is 0.900. The van der Waals surface area contributed by atoms with Crippen molar-refractivity contribution in [2.24, 2.45) is 0 Å². The molecule has 0 fully saturated rings. The molecule has 0 aliphatic rings. The van der Waals surface area contributed by atoms with Crippen molar-refractivity contribution in [2.45, 2.75) is 16.4 Å². The molecule has 0 amide bonds. The fourth-order valence-corrected chi connectivity index (χ4v) is 2.82. The van der Waals surface area contributed by atoms with Gasteiger partial charge < -0.3 is 5.11 Å². The van der Waals surface area contributed by atoms with Gasteiger partial charge in [-0.3, -0.25) is 0 Å². The molecule has 0 saturated carbocycles. The Balaban J connectivity index is 2.36. The van der Waals surface area contributed by atoms with Gasteiger partial charge in [0.1, 0.15) is 11.6 Å². The van der Waals surface area contributed by atoms with Crippen LogP contribution in [-0.4, -0.2) is 5.11 Å². The average Bonchev–Trinajstić information content (AvgIpc) is 2.36. The first kappa shape index (κ1) is 13.5. The summed E-state index contributed by atoms with van der Waals surface area (Å²) in [6.45, 7) is -0.154. The zero-order valence-corrected chi connectivity index (χ0v) is 11.6. The van der Waals surface area contributed by atoms with Crippen molar-refractivity contribution >= 4 is 27.7 Å². The molecule has 0 saturated heterocycles. The average molecular weight is 331 g/mol. The smallest absolute Gasteiger partial charge is 0.137 e. The standard InChI is InChI=1S/C13H9BrF2OS/c14-9-1-4-12(8(5-9)7-17)18-13-6-10(15)2-3-11(13)16/h1-6,17H,7H2. The molecule has 2 rings (SSSR count). The quantitative estimate of drug-likeness (QED) is 0.901. The molecule has 0 bridgehead atoms. The van der Waals surface area contributed by atoms with Gasteiger partial charge in [0.15, 0.2) is 0 Å². The third-order valence-electron chi connectivity index (χ3n) is 2.31. The molecule has 2 aromatic carbocycles. The number of benzene rings is 2. The van der Waals surface area contributed by atoms with Gasteiger partial charge in [0.05, 0.1) is 11.5 Å². The first-order chi connectivity index (χ1) is 8.60. The van der Waals surface area contributed by atoms with Crippen molar-refractivity contribution in [3.63, 3.8) is 0 Å². The Morgan fingerprint density at radius 3 is 2.56 bits per heavy atom. The molecule has 0 unspecified atom stereocenters. The van der Waals surface area contributed by atoms with E-state index in [-0.39, 0.29) is 11.5 Å². The Hall–Kier alpha value is -0.910. The summed E-state index contributed by atoms with van der Waals surface area (Å²) in [7, 11) is 0. The molecule has 0 spiro atoms. The van der Waals surface area contributed by atoms with E-state index >= 15 is 0 Å². The summed E-state index contributed by atoms with van der Waals surface area (Å²) in [5, 5.41) is 9.24. The highest BCUT2D eigenvalue weighted by Crippen LogP contribution is 2.34. The van der Waals surface area contributed by atoms with E-state index < -0.39 is 11.6 Å². The summed E-state index contributed by atoms with van der Waals surface area (Å²) in [5.74, 6) is -0.963. The Morgan fingerprint density at radius 2 is 1.83 bits per heavy atom. The Morgan fingerprint density at radius 1 is 1.06 bits per heavy atom. The lowest BCUT2D eigenvalue weighted by molar-refractivity contribution is 0.279. The molecule has 0 radical (unpaired) electrons. The van der Waals surface area contributed by atoms with Crippen LogP contribution in [-0.2, 0) is 6.61 Å². The Kier molecular flexibility index (Phi) is 4.37. The van der Waals surface area contributed by atoms with Crippen LogP contribution < -0.4 is 0 Å². The molecule has 94 valence electrons. The van der Waals surface area contributed by atoms with Gasteiger partial charge in [0.2, 0.25) is 0 Å². The maximum Gasteiger partial charge on any atom is 0.137 e. The molecule has 0 atom stereocenters. The van der Waals surface area contributed by atoms with Crippen LogP contribution in [0.1, 0.15) is 5.56 Å². The van der Waals surface area contributed by atoms with Gasteiger partial charge >= 0.3 is 0 Å². The zero-order valence-electron chi connectivity index (χ0n) is 9.16. The van der Waals surface area contributed by atoms with Crippen LogP contribution in [0.15, 0.2) is 50.7 Å². The third-order valence-corrected chi connectivity index (χ3v) is 3.95. The van der Waals surface area contributed by atoms with E-state index in [0.717, 1.165) is 34.4 Å². The van der Waals surface area contributed by atoms with E-state index in [9.17, 15) is 13.9 Å². The second-order valence-electron chi connectivity index (χ2n) is 3.59.